The number of thiophene rings is 1. The van der Waals surface area contributed by atoms with Gasteiger partial charge in [-0.25, -0.2) is 10.8 Å². The second-order valence-electron chi connectivity index (χ2n) is 3.64. The van der Waals surface area contributed by atoms with Crippen LogP contribution in [0.25, 0.3) is 0 Å². The van der Waals surface area contributed by atoms with E-state index in [4.69, 9.17) is 5.84 Å². The lowest BCUT2D eigenvalue weighted by atomic mass is 10.3. The molecule has 0 fully saturated rings. The number of anilines is 1. The molecule has 0 saturated heterocycles. The largest absolute Gasteiger partial charge is 0.346 e. The molecule has 0 unspecified atom stereocenters. The van der Waals surface area contributed by atoms with E-state index in [-0.39, 0.29) is 11.6 Å². The molecule has 1 amide bonds. The first kappa shape index (κ1) is 12.5. The monoisotopic (exact) mass is 263 g/mol. The molecule has 4 N–H and O–H groups in total. The normalized spacial score (nSPS) is 10.1. The second-order valence-corrected chi connectivity index (χ2v) is 4.64. The molecule has 0 radical (unpaired) electrons. The van der Waals surface area contributed by atoms with Crippen LogP contribution < -0.4 is 16.6 Å². The zero-order chi connectivity index (χ0) is 13.0. The van der Waals surface area contributed by atoms with Crippen LogP contribution in [0, 0.1) is 6.92 Å². The number of rotatable bonds is 4. The third-order valence-corrected chi connectivity index (χ3v) is 3.42. The Morgan fingerprint density at radius 1 is 1.50 bits per heavy atom. The summed E-state index contributed by atoms with van der Waals surface area (Å²) in [7, 11) is 0. The van der Waals surface area contributed by atoms with Gasteiger partial charge in [0.15, 0.2) is 5.82 Å². The first-order valence-corrected chi connectivity index (χ1v) is 6.18. The van der Waals surface area contributed by atoms with Crippen molar-refractivity contribution in [1.82, 2.24) is 15.3 Å². The highest BCUT2D eigenvalue weighted by Gasteiger charge is 2.09. The Hall–Kier alpha value is -1.99. The van der Waals surface area contributed by atoms with E-state index in [1.807, 2.05) is 18.4 Å². The predicted octanol–water partition coefficient (Wildman–Crippen LogP) is 1.06. The maximum atomic E-state index is 11.8. The van der Waals surface area contributed by atoms with Crippen LogP contribution in [0.2, 0.25) is 0 Å². The molecule has 0 aliphatic carbocycles. The van der Waals surface area contributed by atoms with Crippen LogP contribution in [-0.4, -0.2) is 15.9 Å². The summed E-state index contributed by atoms with van der Waals surface area (Å²) in [5.74, 6) is 5.29. The van der Waals surface area contributed by atoms with Gasteiger partial charge in [0.05, 0.1) is 18.9 Å². The van der Waals surface area contributed by atoms with E-state index in [9.17, 15) is 4.79 Å². The molecular weight excluding hydrogens is 250 g/mol. The Bertz CT molecular complexity index is 554. The summed E-state index contributed by atoms with van der Waals surface area (Å²) in [6, 6.07) is 2.02. The molecule has 6 nitrogen and oxygen atoms in total. The van der Waals surface area contributed by atoms with Crippen LogP contribution in [0.1, 0.15) is 20.9 Å². The van der Waals surface area contributed by atoms with Crippen molar-refractivity contribution in [2.24, 2.45) is 5.84 Å². The molecular formula is C11H13N5OS. The molecule has 2 heterocycles. The zero-order valence-electron chi connectivity index (χ0n) is 9.80. The fraction of sp³-hybridized carbons (Fsp3) is 0.182. The van der Waals surface area contributed by atoms with Gasteiger partial charge in [0.25, 0.3) is 5.91 Å². The summed E-state index contributed by atoms with van der Waals surface area (Å²) in [6.45, 7) is 2.50. The Balaban J connectivity index is 2.01. The van der Waals surface area contributed by atoms with Gasteiger partial charge in [-0.3, -0.25) is 9.78 Å². The lowest BCUT2D eigenvalue weighted by Crippen LogP contribution is -2.24. The Kier molecular flexibility index (Phi) is 3.85. The highest BCUT2D eigenvalue weighted by atomic mass is 32.1. The van der Waals surface area contributed by atoms with Gasteiger partial charge in [0.2, 0.25) is 0 Å². The molecule has 18 heavy (non-hydrogen) atoms. The first-order chi connectivity index (χ1) is 8.70. The van der Waals surface area contributed by atoms with E-state index >= 15 is 0 Å². The van der Waals surface area contributed by atoms with Crippen molar-refractivity contribution >= 4 is 23.1 Å². The molecule has 0 spiro atoms. The lowest BCUT2D eigenvalue weighted by molar-refractivity contribution is 0.0946. The minimum absolute atomic E-state index is 0.236. The quantitative estimate of drug-likeness (QED) is 0.566. The van der Waals surface area contributed by atoms with Gasteiger partial charge < -0.3 is 10.7 Å². The number of aryl methyl sites for hydroxylation is 1. The lowest BCUT2D eigenvalue weighted by Gasteiger charge is -2.05. The highest BCUT2D eigenvalue weighted by Crippen LogP contribution is 2.14. The van der Waals surface area contributed by atoms with Crippen molar-refractivity contribution in [3.63, 3.8) is 0 Å². The molecule has 2 aromatic heterocycles. The Labute approximate surface area is 108 Å². The van der Waals surface area contributed by atoms with Crippen LogP contribution in [0.3, 0.4) is 0 Å². The average Bonchev–Trinajstić information content (AvgIpc) is 2.81. The summed E-state index contributed by atoms with van der Waals surface area (Å²) in [5, 5.41) is 4.79. The van der Waals surface area contributed by atoms with Gasteiger partial charge in [0.1, 0.15) is 5.69 Å². The van der Waals surface area contributed by atoms with Gasteiger partial charge in [-0.1, -0.05) is 0 Å². The van der Waals surface area contributed by atoms with Gasteiger partial charge >= 0.3 is 0 Å². The van der Waals surface area contributed by atoms with E-state index in [0.29, 0.717) is 12.4 Å². The van der Waals surface area contributed by atoms with E-state index in [0.717, 1.165) is 4.88 Å². The highest BCUT2D eigenvalue weighted by molar-refractivity contribution is 7.10. The van der Waals surface area contributed by atoms with Crippen molar-refractivity contribution in [2.45, 2.75) is 13.5 Å². The SMILES string of the molecule is Cc1ccsc1CNC(=O)c1cncc(NN)n1. The number of carbonyl (C=O) groups excluding carboxylic acids is 1. The van der Waals surface area contributed by atoms with Crippen molar-refractivity contribution in [1.29, 1.82) is 0 Å². The van der Waals surface area contributed by atoms with Crippen molar-refractivity contribution in [3.8, 4) is 0 Å². The minimum Gasteiger partial charge on any atom is -0.346 e. The van der Waals surface area contributed by atoms with Gasteiger partial charge in [0, 0.05) is 4.88 Å². The number of nitrogens with two attached hydrogens (primary N) is 1. The maximum Gasteiger partial charge on any atom is 0.271 e. The van der Waals surface area contributed by atoms with Crippen LogP contribution in [-0.2, 0) is 6.54 Å². The molecule has 2 aromatic rings. The van der Waals surface area contributed by atoms with Crippen LogP contribution in [0.5, 0.6) is 0 Å². The molecule has 2 rings (SSSR count). The molecule has 0 aliphatic rings. The summed E-state index contributed by atoms with van der Waals surface area (Å²) < 4.78 is 0. The fourth-order valence-electron chi connectivity index (χ4n) is 1.38. The van der Waals surface area contributed by atoms with Crippen LogP contribution in [0.15, 0.2) is 23.8 Å². The third kappa shape index (κ3) is 2.82. The number of nitrogens with one attached hydrogen (secondary N) is 2. The standard InChI is InChI=1S/C11H13N5OS/c1-7-2-3-18-9(7)5-14-11(17)8-4-13-6-10(15-8)16-12/h2-4,6H,5,12H2,1H3,(H,14,17)(H,15,16). The zero-order valence-corrected chi connectivity index (χ0v) is 10.6. The number of aromatic nitrogens is 2. The average molecular weight is 263 g/mol. The third-order valence-electron chi connectivity index (χ3n) is 2.39. The fourth-order valence-corrected chi connectivity index (χ4v) is 2.23. The first-order valence-electron chi connectivity index (χ1n) is 5.30. The van der Waals surface area contributed by atoms with Gasteiger partial charge in [-0.05, 0) is 23.9 Å². The molecule has 0 atom stereocenters. The van der Waals surface area contributed by atoms with Crippen LogP contribution in [0.4, 0.5) is 5.82 Å². The summed E-state index contributed by atoms with van der Waals surface area (Å²) in [5.41, 5.74) is 3.76. The molecule has 0 saturated carbocycles. The number of amides is 1. The van der Waals surface area contributed by atoms with E-state index < -0.39 is 0 Å². The van der Waals surface area contributed by atoms with E-state index in [1.165, 1.54) is 18.0 Å². The van der Waals surface area contributed by atoms with Crippen molar-refractivity contribution < 1.29 is 4.79 Å². The van der Waals surface area contributed by atoms with Crippen LogP contribution >= 0.6 is 11.3 Å². The van der Waals surface area contributed by atoms with Gasteiger partial charge in [-0.2, -0.15) is 0 Å². The molecule has 0 bridgehead atoms. The summed E-state index contributed by atoms with van der Waals surface area (Å²) >= 11 is 1.61. The van der Waals surface area contributed by atoms with Gasteiger partial charge in [-0.15, -0.1) is 11.3 Å². The Morgan fingerprint density at radius 3 is 3.00 bits per heavy atom. The molecule has 94 valence electrons. The topological polar surface area (TPSA) is 92.9 Å². The van der Waals surface area contributed by atoms with Crippen molar-refractivity contribution in [2.75, 3.05) is 5.43 Å². The smallest absolute Gasteiger partial charge is 0.271 e. The number of hydrogen-bond donors (Lipinski definition) is 3. The van der Waals surface area contributed by atoms with E-state index in [2.05, 4.69) is 20.7 Å². The molecule has 0 aromatic carbocycles. The number of nitrogen functional groups attached to an aromatic ring is 1. The number of hydrogen-bond acceptors (Lipinski definition) is 6. The predicted molar refractivity (Wildman–Crippen MR) is 70.1 cm³/mol. The number of carbonyl (C=O) groups is 1. The minimum atomic E-state index is -0.271. The number of hydrazine groups is 1. The van der Waals surface area contributed by atoms with Crippen molar-refractivity contribution in [3.05, 3.63) is 40.0 Å². The van der Waals surface area contributed by atoms with E-state index in [1.54, 1.807) is 11.3 Å². The molecule has 0 aliphatic heterocycles. The number of nitrogens with zero attached hydrogens (tertiary/aromatic N) is 2. The maximum absolute atomic E-state index is 11.8. The molecule has 7 heteroatoms. The Morgan fingerprint density at radius 2 is 2.33 bits per heavy atom. The summed E-state index contributed by atoms with van der Waals surface area (Å²) in [6.07, 6.45) is 2.84. The second kappa shape index (κ2) is 5.56. The summed E-state index contributed by atoms with van der Waals surface area (Å²) in [4.78, 5) is 20.9.